The molecule has 1 aliphatic heterocycles. The first kappa shape index (κ1) is 17.0. The van der Waals surface area contributed by atoms with E-state index in [2.05, 4.69) is 20.6 Å². The van der Waals surface area contributed by atoms with Crippen molar-refractivity contribution < 1.29 is 9.53 Å². The molecule has 2 unspecified atom stereocenters. The van der Waals surface area contributed by atoms with E-state index in [-0.39, 0.29) is 23.6 Å². The van der Waals surface area contributed by atoms with Crippen molar-refractivity contribution >= 4 is 5.91 Å². The van der Waals surface area contributed by atoms with Gasteiger partial charge in [0.2, 0.25) is 0 Å². The standard InChI is InChI=1S/C18H23N5O3/c1-10-17(11(2)21-20-10)18(25)19-14-8-26-9-15(14)23-16(24)7-12-5-3-4-6-13(12)22-23/h7,14-15H,3-6,8-9H2,1-2H3,(H,19,25)(H,20,21). The Labute approximate surface area is 150 Å². The van der Waals surface area contributed by atoms with Crippen LogP contribution < -0.4 is 10.9 Å². The molecule has 138 valence electrons. The molecule has 2 N–H and O–H groups in total. The van der Waals surface area contributed by atoms with Crippen LogP contribution in [0.25, 0.3) is 0 Å². The van der Waals surface area contributed by atoms with Gasteiger partial charge in [0.05, 0.1) is 36.2 Å². The number of hydrogen-bond donors (Lipinski definition) is 2. The maximum Gasteiger partial charge on any atom is 0.267 e. The highest BCUT2D eigenvalue weighted by Crippen LogP contribution is 2.22. The maximum atomic E-state index is 12.7. The van der Waals surface area contributed by atoms with Crippen LogP contribution in [0.15, 0.2) is 10.9 Å². The second-order valence-corrected chi connectivity index (χ2v) is 7.10. The van der Waals surface area contributed by atoms with E-state index < -0.39 is 0 Å². The molecule has 8 heteroatoms. The Morgan fingerprint density at radius 2 is 2.12 bits per heavy atom. The fourth-order valence-electron chi connectivity index (χ4n) is 3.86. The summed E-state index contributed by atoms with van der Waals surface area (Å²) in [7, 11) is 0. The van der Waals surface area contributed by atoms with E-state index in [0.29, 0.717) is 24.5 Å². The largest absolute Gasteiger partial charge is 0.377 e. The van der Waals surface area contributed by atoms with Gasteiger partial charge >= 0.3 is 0 Å². The summed E-state index contributed by atoms with van der Waals surface area (Å²) < 4.78 is 7.06. The van der Waals surface area contributed by atoms with Crippen LogP contribution in [-0.4, -0.2) is 45.1 Å². The predicted molar refractivity (Wildman–Crippen MR) is 94.3 cm³/mol. The van der Waals surface area contributed by atoms with E-state index in [1.807, 2.05) is 6.92 Å². The third-order valence-electron chi connectivity index (χ3n) is 5.27. The van der Waals surface area contributed by atoms with E-state index in [1.54, 1.807) is 13.0 Å². The average Bonchev–Trinajstić information content (AvgIpc) is 3.20. The van der Waals surface area contributed by atoms with Crippen LogP contribution in [0.2, 0.25) is 0 Å². The highest BCUT2D eigenvalue weighted by Gasteiger charge is 2.34. The minimum atomic E-state index is -0.303. The van der Waals surface area contributed by atoms with Crippen LogP contribution in [0.4, 0.5) is 0 Å². The van der Waals surface area contributed by atoms with Crippen LogP contribution in [0.1, 0.15) is 51.9 Å². The Balaban J connectivity index is 1.59. The zero-order valence-corrected chi connectivity index (χ0v) is 15.0. The first-order valence-corrected chi connectivity index (χ1v) is 9.06. The van der Waals surface area contributed by atoms with Gasteiger partial charge in [-0.05, 0) is 45.1 Å². The van der Waals surface area contributed by atoms with Crippen molar-refractivity contribution in [3.63, 3.8) is 0 Å². The highest BCUT2D eigenvalue weighted by atomic mass is 16.5. The van der Waals surface area contributed by atoms with Gasteiger partial charge in [0, 0.05) is 11.8 Å². The second-order valence-electron chi connectivity index (χ2n) is 7.10. The lowest BCUT2D eigenvalue weighted by Gasteiger charge is -2.23. The number of aromatic nitrogens is 4. The summed E-state index contributed by atoms with van der Waals surface area (Å²) in [4.78, 5) is 25.2. The van der Waals surface area contributed by atoms with E-state index in [4.69, 9.17) is 4.74 Å². The molecule has 1 amide bonds. The molecule has 0 saturated carbocycles. The Kier molecular flexibility index (Phi) is 4.36. The molecule has 0 radical (unpaired) electrons. The third-order valence-corrected chi connectivity index (χ3v) is 5.27. The normalized spacial score (nSPS) is 22.2. The summed E-state index contributed by atoms with van der Waals surface area (Å²) in [5.41, 5.74) is 3.84. The molecule has 3 heterocycles. The van der Waals surface area contributed by atoms with Crippen molar-refractivity contribution in [2.75, 3.05) is 13.2 Å². The molecular formula is C18H23N5O3. The number of nitrogens with one attached hydrogen (secondary N) is 2. The number of carbonyl (C=O) groups excluding carboxylic acids is 1. The minimum absolute atomic E-state index is 0.129. The van der Waals surface area contributed by atoms with Gasteiger partial charge in [0.25, 0.3) is 11.5 Å². The van der Waals surface area contributed by atoms with Gasteiger partial charge in [0.1, 0.15) is 6.04 Å². The van der Waals surface area contributed by atoms with Crippen molar-refractivity contribution in [2.45, 2.75) is 51.6 Å². The van der Waals surface area contributed by atoms with E-state index in [9.17, 15) is 9.59 Å². The molecule has 1 aliphatic carbocycles. The van der Waals surface area contributed by atoms with Crippen LogP contribution in [0, 0.1) is 13.8 Å². The first-order valence-electron chi connectivity index (χ1n) is 9.06. The Morgan fingerprint density at radius 1 is 1.31 bits per heavy atom. The van der Waals surface area contributed by atoms with Crippen molar-refractivity contribution in [3.05, 3.63) is 44.6 Å². The summed E-state index contributed by atoms with van der Waals surface area (Å²) in [6.07, 6.45) is 4.01. The van der Waals surface area contributed by atoms with Gasteiger partial charge in [-0.3, -0.25) is 14.7 Å². The second kappa shape index (κ2) is 6.68. The monoisotopic (exact) mass is 357 g/mol. The minimum Gasteiger partial charge on any atom is -0.377 e. The Morgan fingerprint density at radius 3 is 2.88 bits per heavy atom. The topological polar surface area (TPSA) is 102 Å². The fraction of sp³-hybridized carbons (Fsp3) is 0.556. The number of nitrogens with zero attached hydrogens (tertiary/aromatic N) is 3. The van der Waals surface area contributed by atoms with Gasteiger partial charge in [-0.1, -0.05) is 0 Å². The molecule has 4 rings (SSSR count). The van der Waals surface area contributed by atoms with Gasteiger partial charge in [0.15, 0.2) is 0 Å². The number of aryl methyl sites for hydroxylation is 4. The quantitative estimate of drug-likeness (QED) is 0.847. The number of amides is 1. The van der Waals surface area contributed by atoms with Crippen molar-refractivity contribution in [3.8, 4) is 0 Å². The molecule has 1 saturated heterocycles. The number of ether oxygens (including phenoxy) is 1. The van der Waals surface area contributed by atoms with E-state index in [1.165, 1.54) is 4.68 Å². The van der Waals surface area contributed by atoms with Crippen molar-refractivity contribution in [1.29, 1.82) is 0 Å². The van der Waals surface area contributed by atoms with Crippen molar-refractivity contribution in [2.24, 2.45) is 0 Å². The Bertz CT molecular complexity index is 881. The summed E-state index contributed by atoms with van der Waals surface area (Å²) >= 11 is 0. The smallest absolute Gasteiger partial charge is 0.267 e. The number of aromatic amines is 1. The lowest BCUT2D eigenvalue weighted by Crippen LogP contribution is -2.44. The molecule has 0 bridgehead atoms. The molecule has 2 aliphatic rings. The van der Waals surface area contributed by atoms with Gasteiger partial charge in [-0.25, -0.2) is 4.68 Å². The molecule has 0 aromatic carbocycles. The highest BCUT2D eigenvalue weighted by molar-refractivity contribution is 5.96. The lowest BCUT2D eigenvalue weighted by molar-refractivity contribution is 0.0923. The summed E-state index contributed by atoms with van der Waals surface area (Å²) in [6.45, 7) is 4.32. The number of carbonyl (C=O) groups is 1. The number of H-pyrrole nitrogens is 1. The molecule has 1 fully saturated rings. The third kappa shape index (κ3) is 2.94. The average molecular weight is 357 g/mol. The molecule has 2 atom stereocenters. The zero-order valence-electron chi connectivity index (χ0n) is 15.0. The molecule has 0 spiro atoms. The van der Waals surface area contributed by atoms with Crippen LogP contribution in [0.5, 0.6) is 0 Å². The van der Waals surface area contributed by atoms with Gasteiger partial charge in [-0.2, -0.15) is 10.2 Å². The lowest BCUT2D eigenvalue weighted by atomic mass is 9.97. The first-order chi connectivity index (χ1) is 12.5. The van der Waals surface area contributed by atoms with Crippen LogP contribution in [0.3, 0.4) is 0 Å². The van der Waals surface area contributed by atoms with Crippen LogP contribution in [-0.2, 0) is 17.6 Å². The molecule has 2 aromatic rings. The Hall–Kier alpha value is -2.48. The number of rotatable bonds is 3. The fourth-order valence-corrected chi connectivity index (χ4v) is 3.86. The zero-order chi connectivity index (χ0) is 18.3. The molecular weight excluding hydrogens is 334 g/mol. The van der Waals surface area contributed by atoms with E-state index >= 15 is 0 Å². The maximum absolute atomic E-state index is 12.7. The molecule has 8 nitrogen and oxygen atoms in total. The molecule has 26 heavy (non-hydrogen) atoms. The summed E-state index contributed by atoms with van der Waals surface area (Å²) in [5, 5.41) is 14.5. The molecule has 2 aromatic heterocycles. The number of hydrogen-bond acceptors (Lipinski definition) is 5. The van der Waals surface area contributed by atoms with Crippen LogP contribution >= 0.6 is 0 Å². The van der Waals surface area contributed by atoms with Gasteiger partial charge < -0.3 is 10.1 Å². The summed E-state index contributed by atoms with van der Waals surface area (Å²) in [5.74, 6) is -0.208. The van der Waals surface area contributed by atoms with E-state index in [0.717, 1.165) is 42.6 Å². The SMILES string of the molecule is Cc1n[nH]c(C)c1C(=O)NC1COCC1n1nc2c(cc1=O)CCCC2. The predicted octanol–water partition coefficient (Wildman–Crippen LogP) is 0.832. The van der Waals surface area contributed by atoms with Gasteiger partial charge in [-0.15, -0.1) is 0 Å². The summed E-state index contributed by atoms with van der Waals surface area (Å²) in [6, 6.07) is 1.09. The van der Waals surface area contributed by atoms with Crippen molar-refractivity contribution in [1.82, 2.24) is 25.3 Å². The number of fused-ring (bicyclic) bond motifs is 1.